The molecule has 0 unspecified atom stereocenters. The molecule has 0 amide bonds. The molecule has 114 valence electrons. The number of halogens is 11. The van der Waals surface area contributed by atoms with E-state index in [0.717, 1.165) is 0 Å². The molecule has 0 saturated heterocycles. The van der Waals surface area contributed by atoms with Crippen LogP contribution in [0.2, 0.25) is 0 Å². The van der Waals surface area contributed by atoms with Gasteiger partial charge >= 0.3 is 24.1 Å². The third-order valence-corrected chi connectivity index (χ3v) is 1.73. The lowest BCUT2D eigenvalue weighted by Gasteiger charge is -2.27. The number of hydrogen-bond acceptors (Lipinski definition) is 1. The Bertz CT molecular complexity index is 366. The summed E-state index contributed by atoms with van der Waals surface area (Å²) >= 11 is 0. The maximum absolute atomic E-state index is 12.5. The van der Waals surface area contributed by atoms with Gasteiger partial charge in [0.2, 0.25) is 11.7 Å². The van der Waals surface area contributed by atoms with Crippen LogP contribution in [0, 0.1) is 0 Å². The van der Waals surface area contributed by atoms with E-state index in [4.69, 9.17) is 0 Å². The summed E-state index contributed by atoms with van der Waals surface area (Å²) in [4.78, 5) is 0. The highest BCUT2D eigenvalue weighted by Gasteiger charge is 2.76. The molecule has 12 heteroatoms. The summed E-state index contributed by atoms with van der Waals surface area (Å²) < 4.78 is 136. The Kier molecular flexibility index (Phi) is 4.53. The Labute approximate surface area is 97.2 Å². The third-order valence-electron chi connectivity index (χ3n) is 1.73. The molecule has 0 bridgehead atoms. The summed E-state index contributed by atoms with van der Waals surface area (Å²) in [5, 5.41) is 0. The van der Waals surface area contributed by atoms with Crippen molar-refractivity contribution in [3.05, 3.63) is 11.7 Å². The van der Waals surface area contributed by atoms with Crippen molar-refractivity contribution in [2.75, 3.05) is 7.11 Å². The van der Waals surface area contributed by atoms with Gasteiger partial charge in [0.05, 0.1) is 0 Å². The van der Waals surface area contributed by atoms with Crippen LogP contribution in [0.25, 0.3) is 0 Å². The molecule has 0 aromatic carbocycles. The number of methoxy groups -OCH3 is 1. The van der Waals surface area contributed by atoms with E-state index in [2.05, 4.69) is 4.74 Å². The molecule has 0 N–H and O–H groups in total. The minimum Gasteiger partial charge on any atom is -0.318 e. The van der Waals surface area contributed by atoms with E-state index < -0.39 is 35.8 Å². The molecule has 19 heavy (non-hydrogen) atoms. The zero-order valence-corrected chi connectivity index (χ0v) is 8.57. The van der Waals surface area contributed by atoms with Gasteiger partial charge in [0, 0.05) is 7.11 Å². The molecule has 0 heterocycles. The number of alkyl halides is 9. The summed E-state index contributed by atoms with van der Waals surface area (Å²) in [5.74, 6) is -22.1. The van der Waals surface area contributed by atoms with E-state index in [1.54, 1.807) is 0 Å². The van der Waals surface area contributed by atoms with Gasteiger partial charge in [-0.2, -0.15) is 43.9 Å². The molecule has 0 saturated carbocycles. The van der Waals surface area contributed by atoms with Crippen LogP contribution in [0.5, 0.6) is 0 Å². The summed E-state index contributed by atoms with van der Waals surface area (Å²) in [5.41, 5.74) is 0. The van der Waals surface area contributed by atoms with Gasteiger partial charge in [0.25, 0.3) is 0 Å². The van der Waals surface area contributed by atoms with Crippen molar-refractivity contribution in [3.8, 4) is 0 Å². The van der Waals surface area contributed by atoms with Gasteiger partial charge in [-0.15, -0.1) is 0 Å². The number of rotatable bonds is 4. The summed E-state index contributed by atoms with van der Waals surface area (Å²) in [7, 11) is -0.0209. The van der Waals surface area contributed by atoms with Gasteiger partial charge in [-0.25, -0.2) is 4.39 Å². The third kappa shape index (κ3) is 2.92. The highest BCUT2D eigenvalue weighted by atomic mass is 19.4. The van der Waals surface area contributed by atoms with Crippen LogP contribution in [-0.2, 0) is 4.74 Å². The van der Waals surface area contributed by atoms with E-state index in [1.165, 1.54) is 0 Å². The molecule has 0 aromatic rings. The van der Waals surface area contributed by atoms with Crippen molar-refractivity contribution in [2.45, 2.75) is 24.1 Å². The fourth-order valence-corrected chi connectivity index (χ4v) is 0.671. The fourth-order valence-electron chi connectivity index (χ4n) is 0.671. The van der Waals surface area contributed by atoms with Crippen LogP contribution in [0.15, 0.2) is 11.7 Å². The second-order valence-electron chi connectivity index (χ2n) is 3.00. The Morgan fingerprint density at radius 3 is 1.37 bits per heavy atom. The first-order valence-corrected chi connectivity index (χ1v) is 3.94. The molecular formula is C7H3F11O. The maximum Gasteiger partial charge on any atom is 0.460 e. The molecular weight excluding hydrogens is 309 g/mol. The molecule has 1 nitrogen and oxygen atoms in total. The second kappa shape index (κ2) is 4.80. The largest absolute Gasteiger partial charge is 0.460 e. The number of ether oxygens (including phenoxy) is 1. The van der Waals surface area contributed by atoms with Gasteiger partial charge in [-0.1, -0.05) is 0 Å². The van der Waals surface area contributed by atoms with Gasteiger partial charge in [0.1, 0.15) is 0 Å². The van der Waals surface area contributed by atoms with Gasteiger partial charge < -0.3 is 4.74 Å². The van der Waals surface area contributed by atoms with E-state index >= 15 is 0 Å². The van der Waals surface area contributed by atoms with Crippen LogP contribution >= 0.6 is 0 Å². The standard InChI is InChI=1S/C7H3F11O/c1-19-5(12,13)3(9)2(8)4(10,11)6(14,15)7(16,17)18/h1H3. The topological polar surface area (TPSA) is 9.23 Å². The highest BCUT2D eigenvalue weighted by Crippen LogP contribution is 2.51. The Hall–Kier alpha value is -1.07. The highest BCUT2D eigenvalue weighted by molar-refractivity contribution is 5.19. The Balaban J connectivity index is 5.88. The first kappa shape index (κ1) is 17.9. The lowest BCUT2D eigenvalue weighted by Crippen LogP contribution is -2.52. The molecule has 0 radical (unpaired) electrons. The zero-order chi connectivity index (χ0) is 15.9. The van der Waals surface area contributed by atoms with Crippen LogP contribution in [-0.4, -0.2) is 31.2 Å². The van der Waals surface area contributed by atoms with Crippen LogP contribution < -0.4 is 0 Å². The summed E-state index contributed by atoms with van der Waals surface area (Å²) in [6.07, 6.45) is -12.4. The average molecular weight is 312 g/mol. The van der Waals surface area contributed by atoms with Crippen molar-refractivity contribution >= 4 is 0 Å². The van der Waals surface area contributed by atoms with Crippen molar-refractivity contribution < 1.29 is 53.0 Å². The van der Waals surface area contributed by atoms with E-state index in [9.17, 15) is 48.3 Å². The van der Waals surface area contributed by atoms with Crippen molar-refractivity contribution in [3.63, 3.8) is 0 Å². The molecule has 0 atom stereocenters. The molecule has 0 fully saturated rings. The molecule has 0 aromatic heterocycles. The van der Waals surface area contributed by atoms with E-state index in [1.807, 2.05) is 0 Å². The number of hydrogen-bond donors (Lipinski definition) is 0. The maximum atomic E-state index is 12.5. The van der Waals surface area contributed by atoms with E-state index in [0.29, 0.717) is 0 Å². The van der Waals surface area contributed by atoms with Crippen molar-refractivity contribution in [1.29, 1.82) is 0 Å². The quantitative estimate of drug-likeness (QED) is 0.707. The van der Waals surface area contributed by atoms with Gasteiger partial charge in [-0.05, 0) is 0 Å². The minimum absolute atomic E-state index is 0.0209. The molecule has 0 aliphatic rings. The molecule has 0 spiro atoms. The monoisotopic (exact) mass is 312 g/mol. The lowest BCUT2D eigenvalue weighted by atomic mass is 10.1. The van der Waals surface area contributed by atoms with Crippen LogP contribution in [0.1, 0.15) is 0 Å². The smallest absolute Gasteiger partial charge is 0.318 e. The first-order valence-electron chi connectivity index (χ1n) is 3.94. The van der Waals surface area contributed by atoms with Crippen LogP contribution in [0.4, 0.5) is 48.3 Å². The van der Waals surface area contributed by atoms with Crippen LogP contribution in [0.3, 0.4) is 0 Å². The minimum atomic E-state index is -7.09. The SMILES string of the molecule is COC(F)(F)C(F)=C(F)C(F)(F)C(F)(F)C(F)(F)F. The summed E-state index contributed by atoms with van der Waals surface area (Å²) in [6, 6.07) is 0. The van der Waals surface area contributed by atoms with Gasteiger partial charge in [-0.3, -0.25) is 0 Å². The Morgan fingerprint density at radius 1 is 0.737 bits per heavy atom. The molecule has 0 aliphatic heterocycles. The first-order chi connectivity index (χ1) is 8.13. The number of allylic oxidation sites excluding steroid dienone is 1. The van der Waals surface area contributed by atoms with E-state index in [-0.39, 0.29) is 7.11 Å². The molecule has 0 rings (SSSR count). The fraction of sp³-hybridized carbons (Fsp3) is 0.714. The zero-order valence-electron chi connectivity index (χ0n) is 8.57. The second-order valence-corrected chi connectivity index (χ2v) is 3.00. The average Bonchev–Trinajstić information content (AvgIpc) is 2.25. The predicted octanol–water partition coefficient (Wildman–Crippen LogP) is 4.21. The van der Waals surface area contributed by atoms with Crippen molar-refractivity contribution in [1.82, 2.24) is 0 Å². The predicted molar refractivity (Wildman–Crippen MR) is 37.1 cm³/mol. The Morgan fingerprint density at radius 2 is 1.11 bits per heavy atom. The van der Waals surface area contributed by atoms with Gasteiger partial charge in [0.15, 0.2) is 0 Å². The normalized spacial score (nSPS) is 16.4. The van der Waals surface area contributed by atoms with Crippen molar-refractivity contribution in [2.24, 2.45) is 0 Å². The molecule has 0 aliphatic carbocycles. The summed E-state index contributed by atoms with van der Waals surface area (Å²) in [6.45, 7) is 0. The lowest BCUT2D eigenvalue weighted by molar-refractivity contribution is -0.349.